The molecule has 15 heavy (non-hydrogen) atoms. The van der Waals surface area contributed by atoms with Gasteiger partial charge in [0.15, 0.2) is 0 Å². The summed E-state index contributed by atoms with van der Waals surface area (Å²) < 4.78 is 10.8. The molecule has 1 saturated heterocycles. The second-order valence-electron chi connectivity index (χ2n) is 4.33. The molecule has 2 unspecified atom stereocenters. The Balaban J connectivity index is 2.75. The summed E-state index contributed by atoms with van der Waals surface area (Å²) in [6, 6.07) is 0.428. The molecule has 90 valence electrons. The summed E-state index contributed by atoms with van der Waals surface area (Å²) in [5.74, 6) is 0. The van der Waals surface area contributed by atoms with Crippen molar-refractivity contribution in [3.8, 4) is 0 Å². The molecule has 2 atom stereocenters. The van der Waals surface area contributed by atoms with Gasteiger partial charge in [-0.05, 0) is 13.3 Å². The molecule has 0 aromatic rings. The lowest BCUT2D eigenvalue weighted by Gasteiger charge is -2.47. The minimum atomic E-state index is -0.0159. The first-order valence-electron chi connectivity index (χ1n) is 5.73. The Bertz CT molecular complexity index is 183. The molecule has 1 rings (SSSR count). The zero-order valence-corrected chi connectivity index (χ0v) is 10.2. The largest absolute Gasteiger partial charge is 0.383 e. The Hall–Kier alpha value is -0.160. The van der Waals surface area contributed by atoms with E-state index in [-0.39, 0.29) is 5.54 Å². The number of methoxy groups -OCH3 is 1. The molecule has 0 saturated carbocycles. The maximum atomic E-state index is 5.93. The van der Waals surface area contributed by atoms with E-state index in [1.54, 1.807) is 7.11 Å². The van der Waals surface area contributed by atoms with Gasteiger partial charge in [0.1, 0.15) is 0 Å². The van der Waals surface area contributed by atoms with Crippen LogP contribution in [0.5, 0.6) is 0 Å². The van der Waals surface area contributed by atoms with E-state index in [2.05, 4.69) is 18.7 Å². The zero-order chi connectivity index (χ0) is 11.3. The minimum absolute atomic E-state index is 0.0159. The number of hydrogen-bond acceptors (Lipinski definition) is 4. The van der Waals surface area contributed by atoms with E-state index in [4.69, 9.17) is 15.2 Å². The van der Waals surface area contributed by atoms with Crippen LogP contribution >= 0.6 is 0 Å². The standard InChI is InChI=1S/C11H24N2O2/c1-4-11(8-12,9-14-3)13-5-6-15-7-10(13)2/h10H,4-9,12H2,1-3H3. The fraction of sp³-hybridized carbons (Fsp3) is 1.00. The third kappa shape index (κ3) is 2.69. The van der Waals surface area contributed by atoms with Crippen LogP contribution in [0.3, 0.4) is 0 Å². The maximum Gasteiger partial charge on any atom is 0.0659 e. The predicted octanol–water partition coefficient (Wildman–Crippen LogP) is 0.461. The van der Waals surface area contributed by atoms with Gasteiger partial charge in [-0.1, -0.05) is 6.92 Å². The lowest BCUT2D eigenvalue weighted by atomic mass is 9.92. The van der Waals surface area contributed by atoms with Gasteiger partial charge in [0.2, 0.25) is 0 Å². The van der Waals surface area contributed by atoms with Gasteiger partial charge in [0.05, 0.1) is 25.4 Å². The van der Waals surface area contributed by atoms with Crippen molar-refractivity contribution in [3.63, 3.8) is 0 Å². The van der Waals surface area contributed by atoms with E-state index >= 15 is 0 Å². The highest BCUT2D eigenvalue weighted by Crippen LogP contribution is 2.24. The number of ether oxygens (including phenoxy) is 2. The van der Waals surface area contributed by atoms with Crippen molar-refractivity contribution < 1.29 is 9.47 Å². The monoisotopic (exact) mass is 216 g/mol. The first-order valence-corrected chi connectivity index (χ1v) is 5.73. The normalized spacial score (nSPS) is 27.6. The summed E-state index contributed by atoms with van der Waals surface area (Å²) in [5.41, 5.74) is 5.92. The second kappa shape index (κ2) is 5.80. The average Bonchev–Trinajstić information content (AvgIpc) is 2.27. The van der Waals surface area contributed by atoms with Gasteiger partial charge in [-0.15, -0.1) is 0 Å². The van der Waals surface area contributed by atoms with Crippen molar-refractivity contribution in [1.29, 1.82) is 0 Å². The molecular formula is C11H24N2O2. The first-order chi connectivity index (χ1) is 7.20. The Morgan fingerprint density at radius 3 is 2.80 bits per heavy atom. The summed E-state index contributed by atoms with van der Waals surface area (Å²) in [5, 5.41) is 0. The van der Waals surface area contributed by atoms with E-state index in [0.29, 0.717) is 19.2 Å². The number of rotatable bonds is 5. The number of hydrogen-bond donors (Lipinski definition) is 1. The smallest absolute Gasteiger partial charge is 0.0659 e. The zero-order valence-electron chi connectivity index (χ0n) is 10.2. The Morgan fingerprint density at radius 2 is 2.33 bits per heavy atom. The SMILES string of the molecule is CCC(CN)(COC)N1CCOCC1C. The van der Waals surface area contributed by atoms with Gasteiger partial charge in [0.25, 0.3) is 0 Å². The van der Waals surface area contributed by atoms with Crippen LogP contribution in [-0.4, -0.2) is 56.5 Å². The lowest BCUT2D eigenvalue weighted by Crippen LogP contribution is -2.62. The quantitative estimate of drug-likeness (QED) is 0.725. The van der Waals surface area contributed by atoms with E-state index in [0.717, 1.165) is 26.2 Å². The molecule has 1 aliphatic rings. The molecule has 1 fully saturated rings. The van der Waals surface area contributed by atoms with Crippen molar-refractivity contribution in [3.05, 3.63) is 0 Å². The average molecular weight is 216 g/mol. The van der Waals surface area contributed by atoms with Gasteiger partial charge in [-0.3, -0.25) is 4.90 Å². The van der Waals surface area contributed by atoms with Crippen molar-refractivity contribution >= 4 is 0 Å². The van der Waals surface area contributed by atoms with Crippen LogP contribution in [0.4, 0.5) is 0 Å². The summed E-state index contributed by atoms with van der Waals surface area (Å²) >= 11 is 0. The molecule has 0 radical (unpaired) electrons. The van der Waals surface area contributed by atoms with Crippen LogP contribution in [0.1, 0.15) is 20.3 Å². The Morgan fingerprint density at radius 1 is 1.60 bits per heavy atom. The molecule has 2 N–H and O–H groups in total. The summed E-state index contributed by atoms with van der Waals surface area (Å²) in [7, 11) is 1.74. The van der Waals surface area contributed by atoms with E-state index in [1.807, 2.05) is 0 Å². The van der Waals surface area contributed by atoms with E-state index < -0.39 is 0 Å². The van der Waals surface area contributed by atoms with Crippen molar-refractivity contribution in [2.45, 2.75) is 31.8 Å². The third-order valence-electron chi connectivity index (χ3n) is 3.43. The van der Waals surface area contributed by atoms with Crippen molar-refractivity contribution in [2.24, 2.45) is 5.73 Å². The molecule has 1 heterocycles. The molecule has 0 amide bonds. The van der Waals surface area contributed by atoms with E-state index in [1.165, 1.54) is 0 Å². The molecule has 4 nitrogen and oxygen atoms in total. The van der Waals surface area contributed by atoms with Gasteiger partial charge in [0, 0.05) is 26.2 Å². The fourth-order valence-corrected chi connectivity index (χ4v) is 2.41. The molecule has 0 bridgehead atoms. The molecule has 0 aromatic carbocycles. The van der Waals surface area contributed by atoms with Crippen LogP contribution in [0.25, 0.3) is 0 Å². The van der Waals surface area contributed by atoms with Crippen LogP contribution in [-0.2, 0) is 9.47 Å². The minimum Gasteiger partial charge on any atom is -0.383 e. The Labute approximate surface area is 92.7 Å². The van der Waals surface area contributed by atoms with Gasteiger partial charge in [-0.25, -0.2) is 0 Å². The van der Waals surface area contributed by atoms with Crippen LogP contribution in [0.15, 0.2) is 0 Å². The van der Waals surface area contributed by atoms with E-state index in [9.17, 15) is 0 Å². The van der Waals surface area contributed by atoms with Crippen molar-refractivity contribution in [2.75, 3.05) is 40.0 Å². The highest BCUT2D eigenvalue weighted by atomic mass is 16.5. The summed E-state index contributed by atoms with van der Waals surface area (Å²) in [4.78, 5) is 2.44. The van der Waals surface area contributed by atoms with Gasteiger partial charge >= 0.3 is 0 Å². The van der Waals surface area contributed by atoms with Crippen LogP contribution in [0, 0.1) is 0 Å². The molecule has 1 aliphatic heterocycles. The topological polar surface area (TPSA) is 47.7 Å². The Kier molecular flexibility index (Phi) is 4.99. The van der Waals surface area contributed by atoms with Crippen molar-refractivity contribution in [1.82, 2.24) is 4.90 Å². The lowest BCUT2D eigenvalue weighted by molar-refractivity contribution is -0.0805. The van der Waals surface area contributed by atoms with Crippen LogP contribution in [0.2, 0.25) is 0 Å². The highest BCUT2D eigenvalue weighted by molar-refractivity contribution is 4.94. The first kappa shape index (κ1) is 12.9. The number of morpholine rings is 1. The number of nitrogens with zero attached hydrogens (tertiary/aromatic N) is 1. The maximum absolute atomic E-state index is 5.93. The summed E-state index contributed by atoms with van der Waals surface area (Å²) in [6.07, 6.45) is 1.02. The van der Waals surface area contributed by atoms with Gasteiger partial charge < -0.3 is 15.2 Å². The van der Waals surface area contributed by atoms with Crippen LogP contribution < -0.4 is 5.73 Å². The summed E-state index contributed by atoms with van der Waals surface area (Å²) in [6.45, 7) is 8.26. The highest BCUT2D eigenvalue weighted by Gasteiger charge is 2.38. The molecule has 0 aliphatic carbocycles. The molecule has 4 heteroatoms. The predicted molar refractivity (Wildman–Crippen MR) is 60.9 cm³/mol. The molecule has 0 spiro atoms. The number of nitrogens with two attached hydrogens (primary N) is 1. The fourth-order valence-electron chi connectivity index (χ4n) is 2.41. The molecular weight excluding hydrogens is 192 g/mol. The third-order valence-corrected chi connectivity index (χ3v) is 3.43. The van der Waals surface area contributed by atoms with Gasteiger partial charge in [-0.2, -0.15) is 0 Å². The molecule has 0 aromatic heterocycles. The second-order valence-corrected chi connectivity index (χ2v) is 4.33.